The zero-order valence-electron chi connectivity index (χ0n) is 11.5. The first-order valence-electron chi connectivity index (χ1n) is 6.53. The maximum Gasteiger partial charge on any atom is 0.0544 e. The minimum absolute atomic E-state index is 0.804. The lowest BCUT2D eigenvalue weighted by Gasteiger charge is -2.09. The van der Waals surface area contributed by atoms with Gasteiger partial charge in [-0.25, -0.2) is 0 Å². The molecule has 0 aromatic carbocycles. The highest BCUT2D eigenvalue weighted by Crippen LogP contribution is 2.10. The van der Waals surface area contributed by atoms with Gasteiger partial charge in [0.2, 0.25) is 0 Å². The molecule has 0 unspecified atom stereocenters. The maximum absolute atomic E-state index is 4.45. The third-order valence-electron chi connectivity index (χ3n) is 2.89. The van der Waals surface area contributed by atoms with Crippen molar-refractivity contribution in [2.24, 2.45) is 0 Å². The van der Waals surface area contributed by atoms with Gasteiger partial charge in [-0.2, -0.15) is 0 Å². The smallest absolute Gasteiger partial charge is 0.0544 e. The number of anilines is 1. The lowest BCUT2D eigenvalue weighted by atomic mass is 10.2. The monoisotopic (exact) mass is 256 g/mol. The highest BCUT2D eigenvalue weighted by Gasteiger charge is 1.97. The molecule has 2 aromatic heterocycles. The first kappa shape index (κ1) is 13.5. The van der Waals surface area contributed by atoms with Crippen molar-refractivity contribution in [3.05, 3.63) is 53.6 Å². The van der Waals surface area contributed by atoms with Gasteiger partial charge in [0.25, 0.3) is 0 Å². The fourth-order valence-electron chi connectivity index (χ4n) is 1.87. The molecule has 0 aliphatic heterocycles. The van der Waals surface area contributed by atoms with Crippen LogP contribution in [0.2, 0.25) is 0 Å². The van der Waals surface area contributed by atoms with Gasteiger partial charge in [0.1, 0.15) is 0 Å². The molecular weight excluding hydrogens is 236 g/mol. The van der Waals surface area contributed by atoms with Gasteiger partial charge in [-0.3, -0.25) is 9.97 Å². The first-order valence-corrected chi connectivity index (χ1v) is 6.53. The summed E-state index contributed by atoms with van der Waals surface area (Å²) in [6, 6.07) is 8.09. The average Bonchev–Trinajstić information content (AvgIpc) is 2.40. The third kappa shape index (κ3) is 4.34. The molecule has 0 amide bonds. The molecule has 2 N–H and O–H groups in total. The fraction of sp³-hybridized carbons (Fsp3) is 0.333. The van der Waals surface area contributed by atoms with Crippen LogP contribution < -0.4 is 10.6 Å². The minimum atomic E-state index is 0.804. The zero-order chi connectivity index (χ0) is 13.5. The van der Waals surface area contributed by atoms with Crippen molar-refractivity contribution in [2.75, 3.05) is 18.4 Å². The topological polar surface area (TPSA) is 49.8 Å². The van der Waals surface area contributed by atoms with E-state index in [1.54, 1.807) is 6.20 Å². The summed E-state index contributed by atoms with van der Waals surface area (Å²) < 4.78 is 0. The Kier molecular flexibility index (Phi) is 4.86. The van der Waals surface area contributed by atoms with Crippen LogP contribution in [0.25, 0.3) is 0 Å². The van der Waals surface area contributed by atoms with Crippen LogP contribution in [-0.2, 0) is 6.54 Å². The van der Waals surface area contributed by atoms with E-state index in [1.807, 2.05) is 37.4 Å². The Hall–Kier alpha value is -1.94. The van der Waals surface area contributed by atoms with Gasteiger partial charge in [0.15, 0.2) is 0 Å². The predicted molar refractivity (Wildman–Crippen MR) is 78.1 cm³/mol. The minimum Gasteiger partial charge on any atom is -0.383 e. The highest BCUT2D eigenvalue weighted by atomic mass is 15.0. The molecule has 2 heterocycles. The van der Waals surface area contributed by atoms with Gasteiger partial charge in [0.05, 0.1) is 5.69 Å². The van der Waals surface area contributed by atoms with Gasteiger partial charge < -0.3 is 10.6 Å². The second kappa shape index (κ2) is 6.85. The number of rotatable bonds is 6. The van der Waals surface area contributed by atoms with Crippen LogP contribution in [0.1, 0.15) is 17.0 Å². The van der Waals surface area contributed by atoms with Crippen LogP contribution in [0, 0.1) is 13.8 Å². The Labute approximate surface area is 114 Å². The first-order chi connectivity index (χ1) is 9.25. The van der Waals surface area contributed by atoms with E-state index in [1.165, 1.54) is 5.56 Å². The Morgan fingerprint density at radius 2 is 2.00 bits per heavy atom. The van der Waals surface area contributed by atoms with Gasteiger partial charge in [-0.15, -0.1) is 0 Å². The number of pyridine rings is 2. The molecule has 0 aliphatic rings. The molecule has 4 heteroatoms. The van der Waals surface area contributed by atoms with Gasteiger partial charge in [-0.05, 0) is 37.6 Å². The highest BCUT2D eigenvalue weighted by molar-refractivity contribution is 5.48. The van der Waals surface area contributed by atoms with E-state index in [9.17, 15) is 0 Å². The van der Waals surface area contributed by atoms with E-state index in [0.29, 0.717) is 0 Å². The van der Waals surface area contributed by atoms with Crippen LogP contribution in [0.4, 0.5) is 5.69 Å². The summed E-state index contributed by atoms with van der Waals surface area (Å²) >= 11 is 0. The van der Waals surface area contributed by atoms with Gasteiger partial charge >= 0.3 is 0 Å². The number of hydrogen-bond donors (Lipinski definition) is 2. The van der Waals surface area contributed by atoms with Crippen molar-refractivity contribution >= 4 is 5.69 Å². The molecule has 100 valence electrons. The van der Waals surface area contributed by atoms with E-state index in [0.717, 1.165) is 36.7 Å². The molecule has 0 saturated carbocycles. The normalized spacial score (nSPS) is 10.4. The molecule has 0 atom stereocenters. The number of aromatic nitrogens is 2. The fourth-order valence-corrected chi connectivity index (χ4v) is 1.87. The molecule has 19 heavy (non-hydrogen) atoms. The molecule has 0 aliphatic carbocycles. The van der Waals surface area contributed by atoms with Gasteiger partial charge in [-0.1, -0.05) is 6.07 Å². The third-order valence-corrected chi connectivity index (χ3v) is 2.89. The number of hydrogen-bond acceptors (Lipinski definition) is 4. The summed E-state index contributed by atoms with van der Waals surface area (Å²) in [6.07, 6.45) is 3.67. The molecule has 0 spiro atoms. The molecule has 2 rings (SSSR count). The summed E-state index contributed by atoms with van der Waals surface area (Å²) in [5, 5.41) is 6.77. The van der Waals surface area contributed by atoms with E-state index >= 15 is 0 Å². The number of aryl methyl sites for hydroxylation is 2. The van der Waals surface area contributed by atoms with E-state index < -0.39 is 0 Å². The predicted octanol–water partition coefficient (Wildman–Crippen LogP) is 2.30. The van der Waals surface area contributed by atoms with E-state index in [2.05, 4.69) is 27.5 Å². The Balaban J connectivity index is 1.69. The van der Waals surface area contributed by atoms with Crippen molar-refractivity contribution in [3.63, 3.8) is 0 Å². The van der Waals surface area contributed by atoms with Crippen LogP contribution in [0.15, 0.2) is 36.7 Å². The summed E-state index contributed by atoms with van der Waals surface area (Å²) in [4.78, 5) is 8.53. The summed E-state index contributed by atoms with van der Waals surface area (Å²) in [6.45, 7) is 6.66. The Morgan fingerprint density at radius 3 is 2.79 bits per heavy atom. The second-order valence-corrected chi connectivity index (χ2v) is 4.56. The van der Waals surface area contributed by atoms with Crippen molar-refractivity contribution in [1.82, 2.24) is 15.3 Å². The SMILES string of the molecule is Cc1cccc(CNCCNc2ccncc2C)n1. The van der Waals surface area contributed by atoms with Crippen LogP contribution in [-0.4, -0.2) is 23.1 Å². The Bertz CT molecular complexity index is 525. The van der Waals surface area contributed by atoms with E-state index in [-0.39, 0.29) is 0 Å². The quantitative estimate of drug-likeness (QED) is 0.779. The summed E-state index contributed by atoms with van der Waals surface area (Å²) in [5.41, 5.74) is 4.46. The lowest BCUT2D eigenvalue weighted by molar-refractivity contribution is 0.691. The number of nitrogens with one attached hydrogen (secondary N) is 2. The largest absolute Gasteiger partial charge is 0.383 e. The molecule has 0 saturated heterocycles. The standard InChI is InChI=1S/C15H20N4/c1-12-10-16-7-6-15(12)18-9-8-17-11-14-5-3-4-13(2)19-14/h3-7,10,17H,8-9,11H2,1-2H3,(H,16,18). The van der Waals surface area contributed by atoms with Crippen molar-refractivity contribution in [3.8, 4) is 0 Å². The molecule has 2 aromatic rings. The van der Waals surface area contributed by atoms with Crippen molar-refractivity contribution < 1.29 is 0 Å². The average molecular weight is 256 g/mol. The molecule has 0 fully saturated rings. The second-order valence-electron chi connectivity index (χ2n) is 4.56. The molecule has 0 bridgehead atoms. The zero-order valence-corrected chi connectivity index (χ0v) is 11.5. The van der Waals surface area contributed by atoms with Crippen LogP contribution >= 0.6 is 0 Å². The Morgan fingerprint density at radius 1 is 1.11 bits per heavy atom. The van der Waals surface area contributed by atoms with Crippen LogP contribution in [0.3, 0.4) is 0 Å². The maximum atomic E-state index is 4.45. The molecular formula is C15H20N4. The number of nitrogens with zero attached hydrogens (tertiary/aromatic N) is 2. The lowest BCUT2D eigenvalue weighted by Crippen LogP contribution is -2.22. The van der Waals surface area contributed by atoms with Gasteiger partial charge in [0, 0.05) is 43.4 Å². The summed E-state index contributed by atoms with van der Waals surface area (Å²) in [5.74, 6) is 0. The summed E-state index contributed by atoms with van der Waals surface area (Å²) in [7, 11) is 0. The van der Waals surface area contributed by atoms with Crippen molar-refractivity contribution in [1.29, 1.82) is 0 Å². The van der Waals surface area contributed by atoms with Crippen LogP contribution in [0.5, 0.6) is 0 Å². The molecule has 0 radical (unpaired) electrons. The van der Waals surface area contributed by atoms with E-state index in [4.69, 9.17) is 0 Å². The van der Waals surface area contributed by atoms with Crippen molar-refractivity contribution in [2.45, 2.75) is 20.4 Å². The molecule has 4 nitrogen and oxygen atoms in total.